The quantitative estimate of drug-likeness (QED) is 0.620. The Hall–Kier alpha value is -1.09. The molecule has 0 aromatic rings. The Morgan fingerprint density at radius 1 is 1.69 bits per heavy atom. The second kappa shape index (κ2) is 2.70. The molecule has 3 rings (SSSR count). The van der Waals surface area contributed by atoms with E-state index in [1.54, 1.807) is 13.2 Å². The van der Waals surface area contributed by atoms with Gasteiger partial charge in [-0.15, -0.1) is 0 Å². The highest BCUT2D eigenvalue weighted by Crippen LogP contribution is 2.37. The van der Waals surface area contributed by atoms with Gasteiger partial charge in [-0.05, 0) is 18.9 Å². The van der Waals surface area contributed by atoms with Crippen LogP contribution < -0.4 is 0 Å². The molecular formula is C10H12O3. The highest BCUT2D eigenvalue weighted by molar-refractivity contribution is 5.94. The lowest BCUT2D eigenvalue weighted by molar-refractivity contribution is -0.117. The average Bonchev–Trinajstić information content (AvgIpc) is 2.34. The predicted octanol–water partition coefficient (Wildman–Crippen LogP) is 1.36. The molecule has 3 aliphatic carbocycles. The van der Waals surface area contributed by atoms with E-state index in [0.717, 1.165) is 6.42 Å². The van der Waals surface area contributed by atoms with Gasteiger partial charge in [-0.2, -0.15) is 0 Å². The fraction of sp³-hybridized carbons (Fsp3) is 0.500. The molecule has 0 aromatic heterocycles. The van der Waals surface area contributed by atoms with E-state index in [9.17, 15) is 9.90 Å². The van der Waals surface area contributed by atoms with Crippen LogP contribution in [0.1, 0.15) is 12.8 Å². The van der Waals surface area contributed by atoms with E-state index in [4.69, 9.17) is 4.74 Å². The van der Waals surface area contributed by atoms with Crippen molar-refractivity contribution in [3.63, 3.8) is 0 Å². The number of hydrogen-bond donors (Lipinski definition) is 1. The predicted molar refractivity (Wildman–Crippen MR) is 47.3 cm³/mol. The Kier molecular flexibility index (Phi) is 1.77. The Morgan fingerprint density at radius 2 is 2.46 bits per heavy atom. The first kappa shape index (κ1) is 8.51. The number of fused-ring (bicyclic) bond motifs is 2. The van der Waals surface area contributed by atoms with Crippen molar-refractivity contribution in [2.45, 2.75) is 18.4 Å². The molecule has 3 heteroatoms. The number of ketones is 1. The largest absolute Gasteiger partial charge is 0.509 e. The molecule has 2 bridgehead atoms. The Balaban J connectivity index is 2.49. The van der Waals surface area contributed by atoms with Crippen LogP contribution in [0.15, 0.2) is 24.0 Å². The molecule has 13 heavy (non-hydrogen) atoms. The number of carbonyl (C=O) groups is 1. The smallest absolute Gasteiger partial charge is 0.165 e. The summed E-state index contributed by atoms with van der Waals surface area (Å²) in [7, 11) is 1.55. The van der Waals surface area contributed by atoms with Crippen molar-refractivity contribution >= 4 is 5.78 Å². The third-order valence-corrected chi connectivity index (χ3v) is 2.87. The zero-order chi connectivity index (χ0) is 9.47. The SMILES string of the molecule is CO[C@@]12C=C[C@H](CC1)C(=O)C=C2O. The van der Waals surface area contributed by atoms with Gasteiger partial charge in [0.05, 0.1) is 0 Å². The first-order valence-electron chi connectivity index (χ1n) is 4.37. The number of hydrogen-bond acceptors (Lipinski definition) is 3. The first-order chi connectivity index (χ1) is 6.18. The van der Waals surface area contributed by atoms with Crippen molar-refractivity contribution in [3.05, 3.63) is 24.0 Å². The number of aliphatic hydroxyl groups is 1. The van der Waals surface area contributed by atoms with Crippen molar-refractivity contribution in [3.8, 4) is 0 Å². The maximum atomic E-state index is 11.4. The van der Waals surface area contributed by atoms with Crippen molar-refractivity contribution in [2.75, 3.05) is 7.11 Å². The summed E-state index contributed by atoms with van der Waals surface area (Å²) in [6.45, 7) is 0. The van der Waals surface area contributed by atoms with Crippen molar-refractivity contribution in [1.29, 1.82) is 0 Å². The maximum absolute atomic E-state index is 11.4. The molecule has 0 fully saturated rings. The van der Waals surface area contributed by atoms with Crippen LogP contribution in [-0.4, -0.2) is 23.6 Å². The molecule has 3 aliphatic rings. The topological polar surface area (TPSA) is 46.5 Å². The number of ether oxygens (including phenoxy) is 1. The van der Waals surface area contributed by atoms with Gasteiger partial charge >= 0.3 is 0 Å². The summed E-state index contributed by atoms with van der Waals surface area (Å²) < 4.78 is 5.25. The van der Waals surface area contributed by atoms with Gasteiger partial charge in [0.1, 0.15) is 11.4 Å². The highest BCUT2D eigenvalue weighted by atomic mass is 16.5. The molecule has 1 N–H and O–H groups in total. The van der Waals surface area contributed by atoms with Crippen LogP contribution in [-0.2, 0) is 9.53 Å². The van der Waals surface area contributed by atoms with Gasteiger partial charge in [-0.3, -0.25) is 4.79 Å². The second-order valence-corrected chi connectivity index (χ2v) is 3.53. The van der Waals surface area contributed by atoms with Gasteiger partial charge in [-0.25, -0.2) is 0 Å². The van der Waals surface area contributed by atoms with Gasteiger partial charge in [0.25, 0.3) is 0 Å². The van der Waals surface area contributed by atoms with Crippen molar-refractivity contribution in [1.82, 2.24) is 0 Å². The lowest BCUT2D eigenvalue weighted by atomic mass is 9.86. The fourth-order valence-corrected chi connectivity index (χ4v) is 1.91. The molecule has 0 amide bonds. The number of rotatable bonds is 1. The van der Waals surface area contributed by atoms with Crippen LogP contribution in [0.2, 0.25) is 0 Å². The summed E-state index contributed by atoms with van der Waals surface area (Å²) in [6.07, 6.45) is 6.34. The fourth-order valence-electron chi connectivity index (χ4n) is 1.91. The summed E-state index contributed by atoms with van der Waals surface area (Å²) >= 11 is 0. The van der Waals surface area contributed by atoms with E-state index >= 15 is 0 Å². The molecule has 3 nitrogen and oxygen atoms in total. The molecule has 0 saturated carbocycles. The van der Waals surface area contributed by atoms with Gasteiger partial charge < -0.3 is 9.84 Å². The Morgan fingerprint density at radius 3 is 3.00 bits per heavy atom. The normalized spacial score (nSPS) is 37.5. The molecule has 0 heterocycles. The lowest BCUT2D eigenvalue weighted by Crippen LogP contribution is -2.33. The molecule has 0 aliphatic heterocycles. The van der Waals surface area contributed by atoms with E-state index in [1.165, 1.54) is 6.08 Å². The van der Waals surface area contributed by atoms with Crippen LogP contribution in [0, 0.1) is 5.92 Å². The van der Waals surface area contributed by atoms with Crippen LogP contribution in [0.25, 0.3) is 0 Å². The van der Waals surface area contributed by atoms with Crippen LogP contribution in [0.3, 0.4) is 0 Å². The number of aliphatic hydroxyl groups excluding tert-OH is 1. The van der Waals surface area contributed by atoms with Crippen LogP contribution in [0.4, 0.5) is 0 Å². The molecule has 0 aromatic carbocycles. The summed E-state index contributed by atoms with van der Waals surface area (Å²) in [6, 6.07) is 0. The van der Waals surface area contributed by atoms with E-state index in [2.05, 4.69) is 0 Å². The maximum Gasteiger partial charge on any atom is 0.165 e. The minimum absolute atomic E-state index is 0.0230. The van der Waals surface area contributed by atoms with Gasteiger partial charge in [0, 0.05) is 19.1 Å². The van der Waals surface area contributed by atoms with E-state index in [1.807, 2.05) is 6.08 Å². The minimum atomic E-state index is -0.733. The Bertz CT molecular complexity index is 303. The highest BCUT2D eigenvalue weighted by Gasteiger charge is 2.40. The monoisotopic (exact) mass is 180 g/mol. The van der Waals surface area contributed by atoms with E-state index in [-0.39, 0.29) is 17.5 Å². The summed E-state index contributed by atoms with van der Waals surface area (Å²) in [5.41, 5.74) is -0.733. The van der Waals surface area contributed by atoms with Crippen LogP contribution in [0.5, 0.6) is 0 Å². The zero-order valence-corrected chi connectivity index (χ0v) is 7.49. The minimum Gasteiger partial charge on any atom is -0.509 e. The number of carbonyl (C=O) groups excluding carboxylic acids is 1. The number of allylic oxidation sites excluding steroid dienone is 2. The molecule has 0 saturated heterocycles. The molecule has 2 atom stereocenters. The molecular weight excluding hydrogens is 168 g/mol. The van der Waals surface area contributed by atoms with E-state index in [0.29, 0.717) is 6.42 Å². The average molecular weight is 180 g/mol. The number of methoxy groups -OCH3 is 1. The van der Waals surface area contributed by atoms with Crippen molar-refractivity contribution in [2.24, 2.45) is 5.92 Å². The third kappa shape index (κ3) is 1.11. The molecule has 0 spiro atoms. The summed E-state index contributed by atoms with van der Waals surface area (Å²) in [4.78, 5) is 11.4. The van der Waals surface area contributed by atoms with Gasteiger partial charge in [-0.1, -0.05) is 6.08 Å². The third-order valence-electron chi connectivity index (χ3n) is 2.87. The van der Waals surface area contributed by atoms with Crippen LogP contribution >= 0.6 is 0 Å². The summed E-state index contributed by atoms with van der Waals surface area (Å²) in [5.74, 6) is -0.0469. The van der Waals surface area contributed by atoms with Gasteiger partial charge in [0.2, 0.25) is 0 Å². The Labute approximate surface area is 76.7 Å². The molecule has 70 valence electrons. The van der Waals surface area contributed by atoms with Crippen molar-refractivity contribution < 1.29 is 14.6 Å². The first-order valence-corrected chi connectivity index (χ1v) is 4.37. The standard InChI is InChI=1S/C10H12O3/c1-13-10-4-2-7(3-5-10)8(11)6-9(10)12/h2,4,6-7,12H,3,5H2,1H3/t7-,10+/m1/s1. The zero-order valence-electron chi connectivity index (χ0n) is 7.49. The second-order valence-electron chi connectivity index (χ2n) is 3.53. The molecule has 0 radical (unpaired) electrons. The summed E-state index contributed by atoms with van der Waals surface area (Å²) in [5, 5.41) is 9.66. The lowest BCUT2D eigenvalue weighted by Gasteiger charge is -2.30. The molecule has 0 unspecified atom stereocenters. The van der Waals surface area contributed by atoms with Gasteiger partial charge in [0.15, 0.2) is 5.78 Å². The van der Waals surface area contributed by atoms with E-state index < -0.39 is 5.60 Å².